The van der Waals surface area contributed by atoms with Gasteiger partial charge in [0.1, 0.15) is 24.3 Å². The van der Waals surface area contributed by atoms with Crippen LogP contribution in [0.2, 0.25) is 0 Å². The Labute approximate surface area is 174 Å². The van der Waals surface area contributed by atoms with Crippen molar-refractivity contribution in [3.63, 3.8) is 0 Å². The molecule has 1 fully saturated rings. The minimum atomic E-state index is -0.474. The molecule has 1 aromatic carbocycles. The van der Waals surface area contributed by atoms with Crippen LogP contribution in [0.4, 0.5) is 0 Å². The molecule has 0 aliphatic carbocycles. The average molecular weight is 402 g/mol. The lowest BCUT2D eigenvalue weighted by Crippen LogP contribution is -2.49. The van der Waals surface area contributed by atoms with E-state index in [1.165, 1.54) is 5.56 Å². The molecule has 3 rings (SSSR count). The molecule has 0 saturated carbocycles. The van der Waals surface area contributed by atoms with Gasteiger partial charge in [-0.1, -0.05) is 19.1 Å². The molecule has 1 aliphatic heterocycles. The second-order valence-corrected chi connectivity index (χ2v) is 7.97. The predicted octanol–water partition coefficient (Wildman–Crippen LogP) is 1.43. The maximum atomic E-state index is 10.4. The highest BCUT2D eigenvalue weighted by molar-refractivity contribution is 5.28. The third-order valence-corrected chi connectivity index (χ3v) is 5.51. The Morgan fingerprint density at radius 1 is 1.17 bits per heavy atom. The number of nitrogens with zero attached hydrogens (tertiary/aromatic N) is 5. The lowest BCUT2D eigenvalue weighted by molar-refractivity contribution is 0.0470. The monoisotopic (exact) mass is 401 g/mol. The molecule has 0 amide bonds. The zero-order valence-electron chi connectivity index (χ0n) is 18.0. The van der Waals surface area contributed by atoms with Crippen molar-refractivity contribution < 1.29 is 9.84 Å². The molecule has 0 bridgehead atoms. The molecule has 0 spiro atoms. The van der Waals surface area contributed by atoms with Gasteiger partial charge in [0.25, 0.3) is 0 Å². The number of aliphatic hydroxyl groups excluding tert-OH is 1. The van der Waals surface area contributed by atoms with E-state index in [1.54, 1.807) is 0 Å². The van der Waals surface area contributed by atoms with E-state index >= 15 is 0 Å². The molecular weight excluding hydrogens is 366 g/mol. The van der Waals surface area contributed by atoms with Gasteiger partial charge in [0.2, 0.25) is 0 Å². The molecular formula is C22H35N5O2. The summed E-state index contributed by atoms with van der Waals surface area (Å²) in [5.41, 5.74) is 1.18. The highest BCUT2D eigenvalue weighted by Gasteiger charge is 2.18. The lowest BCUT2D eigenvalue weighted by atomic mass is 10.2. The number of aromatic nitrogens is 2. The molecule has 7 heteroatoms. The third-order valence-electron chi connectivity index (χ3n) is 5.51. The van der Waals surface area contributed by atoms with Crippen molar-refractivity contribution in [1.82, 2.24) is 24.3 Å². The van der Waals surface area contributed by atoms with Crippen LogP contribution in [0.15, 0.2) is 36.7 Å². The standard InChI is InChI=1S/C22H35N5O2/c1-4-26-10-12-27(13-11-26)16-20(28)18-29-21-7-5-6-19(14-21)15-24(2)17-22-23-8-9-25(22)3/h5-9,14,20,28H,4,10-13,15-18H2,1-3H3/t20-/m1/s1. The van der Waals surface area contributed by atoms with E-state index in [2.05, 4.69) is 45.8 Å². The molecule has 1 saturated heterocycles. The van der Waals surface area contributed by atoms with Crippen LogP contribution in [0.5, 0.6) is 5.75 Å². The fourth-order valence-corrected chi connectivity index (χ4v) is 3.72. The Morgan fingerprint density at radius 3 is 2.62 bits per heavy atom. The highest BCUT2D eigenvalue weighted by atomic mass is 16.5. The number of β-amino-alcohol motifs (C(OH)–C–C–N with tert-alkyl or cyclic N) is 1. The molecule has 2 aromatic rings. The van der Waals surface area contributed by atoms with Crippen LogP contribution in [-0.4, -0.2) is 88.4 Å². The Kier molecular flexibility index (Phi) is 8.06. The number of imidazole rings is 1. The van der Waals surface area contributed by atoms with Crippen LogP contribution in [0.25, 0.3) is 0 Å². The summed E-state index contributed by atoms with van der Waals surface area (Å²) in [5.74, 6) is 1.85. The van der Waals surface area contributed by atoms with E-state index in [-0.39, 0.29) is 0 Å². The van der Waals surface area contributed by atoms with Crippen molar-refractivity contribution in [1.29, 1.82) is 0 Å². The molecule has 1 atom stereocenters. The number of aliphatic hydroxyl groups is 1. The molecule has 29 heavy (non-hydrogen) atoms. The summed E-state index contributed by atoms with van der Waals surface area (Å²) in [6, 6.07) is 8.12. The van der Waals surface area contributed by atoms with Crippen molar-refractivity contribution >= 4 is 0 Å². The summed E-state index contributed by atoms with van der Waals surface area (Å²) in [4.78, 5) is 11.4. The Bertz CT molecular complexity index is 742. The van der Waals surface area contributed by atoms with E-state index in [0.717, 1.165) is 57.4 Å². The number of hydrogen-bond donors (Lipinski definition) is 1. The Morgan fingerprint density at radius 2 is 1.93 bits per heavy atom. The number of aryl methyl sites for hydroxylation is 1. The second kappa shape index (κ2) is 10.7. The number of likely N-dealkylation sites (N-methyl/N-ethyl adjacent to an activating group) is 1. The van der Waals surface area contributed by atoms with Crippen molar-refractivity contribution in [2.75, 3.05) is 52.9 Å². The van der Waals surface area contributed by atoms with Crippen molar-refractivity contribution in [2.24, 2.45) is 7.05 Å². The molecule has 1 N–H and O–H groups in total. The van der Waals surface area contributed by atoms with Crippen molar-refractivity contribution in [3.05, 3.63) is 48.0 Å². The summed E-state index contributed by atoms with van der Waals surface area (Å²) >= 11 is 0. The largest absolute Gasteiger partial charge is 0.491 e. The first-order valence-electron chi connectivity index (χ1n) is 10.5. The molecule has 1 aliphatic rings. The van der Waals surface area contributed by atoms with Gasteiger partial charge < -0.3 is 19.3 Å². The van der Waals surface area contributed by atoms with E-state index in [9.17, 15) is 5.11 Å². The quantitative estimate of drug-likeness (QED) is 0.650. The van der Waals surface area contributed by atoms with Crippen molar-refractivity contribution in [2.45, 2.75) is 26.1 Å². The molecule has 0 unspecified atom stereocenters. The average Bonchev–Trinajstić information content (AvgIpc) is 3.11. The Hall–Kier alpha value is -1.93. The van der Waals surface area contributed by atoms with Crippen LogP contribution in [-0.2, 0) is 20.1 Å². The van der Waals surface area contributed by atoms with E-state index in [0.29, 0.717) is 13.2 Å². The van der Waals surface area contributed by atoms with Crippen LogP contribution >= 0.6 is 0 Å². The first-order chi connectivity index (χ1) is 14.0. The topological polar surface area (TPSA) is 57.0 Å². The van der Waals surface area contributed by atoms with Gasteiger partial charge >= 0.3 is 0 Å². The number of ether oxygens (including phenoxy) is 1. The fourth-order valence-electron chi connectivity index (χ4n) is 3.72. The van der Waals surface area contributed by atoms with Gasteiger partial charge in [-0.3, -0.25) is 9.80 Å². The summed E-state index contributed by atoms with van der Waals surface area (Å²) in [6.07, 6.45) is 3.32. The van der Waals surface area contributed by atoms with Crippen LogP contribution in [0, 0.1) is 0 Å². The van der Waals surface area contributed by atoms with Gasteiger partial charge in [-0.25, -0.2) is 4.98 Å². The number of piperazine rings is 1. The normalized spacial score (nSPS) is 17.0. The minimum Gasteiger partial charge on any atom is -0.491 e. The zero-order valence-corrected chi connectivity index (χ0v) is 18.0. The maximum absolute atomic E-state index is 10.4. The molecule has 7 nitrogen and oxygen atoms in total. The lowest BCUT2D eigenvalue weighted by Gasteiger charge is -2.34. The molecule has 0 radical (unpaired) electrons. The van der Waals surface area contributed by atoms with Crippen LogP contribution < -0.4 is 4.74 Å². The molecule has 1 aromatic heterocycles. The van der Waals surface area contributed by atoms with Gasteiger partial charge in [0.05, 0.1) is 6.54 Å². The fraction of sp³-hybridized carbons (Fsp3) is 0.591. The smallest absolute Gasteiger partial charge is 0.122 e. The summed E-state index contributed by atoms with van der Waals surface area (Å²) in [7, 11) is 4.10. The highest BCUT2D eigenvalue weighted by Crippen LogP contribution is 2.16. The maximum Gasteiger partial charge on any atom is 0.122 e. The predicted molar refractivity (Wildman–Crippen MR) is 115 cm³/mol. The van der Waals surface area contributed by atoms with Crippen molar-refractivity contribution in [3.8, 4) is 5.75 Å². The van der Waals surface area contributed by atoms with Gasteiger partial charge in [0.15, 0.2) is 0 Å². The summed E-state index contributed by atoms with van der Waals surface area (Å²) in [5, 5.41) is 10.4. The minimum absolute atomic E-state index is 0.320. The van der Waals surface area contributed by atoms with Gasteiger partial charge in [0, 0.05) is 58.7 Å². The number of hydrogen-bond acceptors (Lipinski definition) is 6. The summed E-state index contributed by atoms with van der Waals surface area (Å²) in [6.45, 7) is 10.1. The SMILES string of the molecule is CCN1CCN(C[C@@H](O)COc2cccc(CN(C)Cc3nccn3C)c2)CC1. The van der Waals surface area contributed by atoms with Gasteiger partial charge in [-0.2, -0.15) is 0 Å². The summed E-state index contributed by atoms with van der Waals surface area (Å²) < 4.78 is 7.92. The molecule has 160 valence electrons. The van der Waals surface area contributed by atoms with Crippen LogP contribution in [0.1, 0.15) is 18.3 Å². The van der Waals surface area contributed by atoms with Gasteiger partial charge in [-0.15, -0.1) is 0 Å². The third kappa shape index (κ3) is 6.82. The molecule has 2 heterocycles. The first-order valence-corrected chi connectivity index (χ1v) is 10.5. The van der Waals surface area contributed by atoms with Gasteiger partial charge in [-0.05, 0) is 31.3 Å². The Balaban J connectivity index is 1.42. The van der Waals surface area contributed by atoms with E-state index in [4.69, 9.17) is 4.74 Å². The number of rotatable bonds is 10. The van der Waals surface area contributed by atoms with E-state index < -0.39 is 6.10 Å². The second-order valence-electron chi connectivity index (χ2n) is 7.97. The number of benzene rings is 1. The van der Waals surface area contributed by atoms with Crippen LogP contribution in [0.3, 0.4) is 0 Å². The van der Waals surface area contributed by atoms with E-state index in [1.807, 2.05) is 36.1 Å². The zero-order chi connectivity index (χ0) is 20.6. The first kappa shape index (κ1) is 21.8.